The number of hydrogen-bond donors (Lipinski definition) is 0. The zero-order chi connectivity index (χ0) is 15.3. The second-order valence-electron chi connectivity index (χ2n) is 5.96. The first-order chi connectivity index (χ1) is 10.0. The van der Waals surface area contributed by atoms with Crippen molar-refractivity contribution in [2.24, 2.45) is 0 Å². The quantitative estimate of drug-likeness (QED) is 0.837. The predicted octanol–water partition coefficient (Wildman–Crippen LogP) is 2.66. The molecule has 1 aromatic rings. The van der Waals surface area contributed by atoms with Crippen LogP contribution in [0.2, 0.25) is 0 Å². The van der Waals surface area contributed by atoms with Crippen LogP contribution in [0.1, 0.15) is 32.8 Å². The van der Waals surface area contributed by atoms with Crippen molar-refractivity contribution in [3.63, 3.8) is 0 Å². The topological polar surface area (TPSA) is 38.8 Å². The Morgan fingerprint density at radius 2 is 2.14 bits per heavy atom. The molecule has 1 heterocycles. The Labute approximate surface area is 127 Å². The van der Waals surface area contributed by atoms with E-state index in [1.807, 2.05) is 49.9 Å². The minimum absolute atomic E-state index is 0.192. The third-order valence-corrected chi connectivity index (χ3v) is 3.66. The van der Waals surface area contributed by atoms with Gasteiger partial charge >= 0.3 is 0 Å². The van der Waals surface area contributed by atoms with E-state index >= 15 is 0 Å². The van der Waals surface area contributed by atoms with Crippen LogP contribution in [0.4, 0.5) is 0 Å². The van der Waals surface area contributed by atoms with Gasteiger partial charge in [-0.3, -0.25) is 4.79 Å². The van der Waals surface area contributed by atoms with Crippen LogP contribution in [0.3, 0.4) is 0 Å². The lowest BCUT2D eigenvalue weighted by Gasteiger charge is -2.38. The highest BCUT2D eigenvalue weighted by Gasteiger charge is 2.29. The summed E-state index contributed by atoms with van der Waals surface area (Å²) < 4.78 is 11.2. The minimum atomic E-state index is -0.239. The molecule has 2 rings (SSSR count). The number of carbonyl (C=O) groups is 1. The Hall–Kier alpha value is -1.55. The summed E-state index contributed by atoms with van der Waals surface area (Å²) in [5.41, 5.74) is 0.858. The first-order valence-corrected chi connectivity index (χ1v) is 7.64. The lowest BCUT2D eigenvalue weighted by atomic mass is 10.1. The summed E-state index contributed by atoms with van der Waals surface area (Å²) in [6.45, 7) is 8.64. The van der Waals surface area contributed by atoms with Crippen LogP contribution in [0.15, 0.2) is 24.3 Å². The van der Waals surface area contributed by atoms with E-state index in [-0.39, 0.29) is 11.5 Å². The van der Waals surface area contributed by atoms with E-state index in [2.05, 4.69) is 0 Å². The lowest BCUT2D eigenvalue weighted by Crippen LogP contribution is -2.50. The summed E-state index contributed by atoms with van der Waals surface area (Å²) >= 11 is 0. The van der Waals surface area contributed by atoms with E-state index in [0.717, 1.165) is 11.3 Å². The van der Waals surface area contributed by atoms with Crippen molar-refractivity contribution in [2.45, 2.75) is 39.2 Å². The van der Waals surface area contributed by atoms with Gasteiger partial charge in [0.15, 0.2) is 0 Å². The summed E-state index contributed by atoms with van der Waals surface area (Å²) in [6, 6.07) is 7.93. The second kappa shape index (κ2) is 6.94. The van der Waals surface area contributed by atoms with Crippen LogP contribution >= 0.6 is 0 Å². The average molecular weight is 291 g/mol. The zero-order valence-corrected chi connectivity index (χ0v) is 13.2. The van der Waals surface area contributed by atoms with Gasteiger partial charge in [0.25, 0.3) is 0 Å². The first-order valence-electron chi connectivity index (χ1n) is 7.64. The molecule has 0 spiro atoms. The minimum Gasteiger partial charge on any atom is -0.494 e. The van der Waals surface area contributed by atoms with Crippen molar-refractivity contribution in [1.29, 1.82) is 0 Å². The fourth-order valence-corrected chi connectivity index (χ4v) is 2.64. The van der Waals surface area contributed by atoms with Gasteiger partial charge < -0.3 is 14.4 Å². The molecule has 0 saturated carbocycles. The molecule has 0 N–H and O–H groups in total. The first kappa shape index (κ1) is 15.8. The molecule has 0 radical (unpaired) electrons. The van der Waals surface area contributed by atoms with Crippen LogP contribution in [0.25, 0.3) is 0 Å². The van der Waals surface area contributed by atoms with Gasteiger partial charge in [-0.2, -0.15) is 0 Å². The van der Waals surface area contributed by atoms with E-state index < -0.39 is 0 Å². The molecular formula is C17H25NO3. The number of ether oxygens (including phenoxy) is 2. The van der Waals surface area contributed by atoms with Crippen LogP contribution in [0, 0.1) is 0 Å². The highest BCUT2D eigenvalue weighted by Crippen LogP contribution is 2.21. The molecule has 116 valence electrons. The van der Waals surface area contributed by atoms with Crippen LogP contribution in [0.5, 0.6) is 5.75 Å². The molecule has 1 fully saturated rings. The molecule has 0 atom stereocenters. The molecule has 1 amide bonds. The van der Waals surface area contributed by atoms with E-state index in [9.17, 15) is 4.79 Å². The predicted molar refractivity (Wildman–Crippen MR) is 82.5 cm³/mol. The van der Waals surface area contributed by atoms with Gasteiger partial charge in [0.05, 0.1) is 18.8 Å². The standard InChI is InChI=1S/C17H25NO3/c1-4-20-15-8-6-5-7-14(15)9-10-16(19)18-11-12-21-17(2,3)13-18/h5-8H,4,9-13H2,1-3H3. The molecule has 1 aromatic carbocycles. The number of hydrogen-bond acceptors (Lipinski definition) is 3. The summed E-state index contributed by atoms with van der Waals surface area (Å²) in [5, 5.41) is 0. The number of morpholine rings is 1. The van der Waals surface area contributed by atoms with Crippen molar-refractivity contribution in [3.05, 3.63) is 29.8 Å². The maximum Gasteiger partial charge on any atom is 0.223 e. The zero-order valence-electron chi connectivity index (χ0n) is 13.2. The van der Waals surface area contributed by atoms with E-state index in [1.54, 1.807) is 0 Å². The summed E-state index contributed by atoms with van der Waals surface area (Å²) in [7, 11) is 0. The Morgan fingerprint density at radius 1 is 1.38 bits per heavy atom. The molecule has 0 bridgehead atoms. The van der Waals surface area contributed by atoms with Crippen LogP contribution in [-0.2, 0) is 16.0 Å². The Balaban J connectivity index is 1.92. The highest BCUT2D eigenvalue weighted by molar-refractivity contribution is 5.76. The largest absolute Gasteiger partial charge is 0.494 e. The van der Waals surface area contributed by atoms with Gasteiger partial charge in [0, 0.05) is 19.5 Å². The molecule has 4 heteroatoms. The molecule has 0 aliphatic carbocycles. The number of nitrogens with zero attached hydrogens (tertiary/aromatic N) is 1. The Kier molecular flexibility index (Phi) is 5.23. The monoisotopic (exact) mass is 291 g/mol. The molecular weight excluding hydrogens is 266 g/mol. The van der Waals surface area contributed by atoms with E-state index in [4.69, 9.17) is 9.47 Å². The average Bonchev–Trinajstić information content (AvgIpc) is 2.45. The molecule has 0 unspecified atom stereocenters. The maximum atomic E-state index is 12.4. The number of rotatable bonds is 5. The van der Waals surface area contributed by atoms with Crippen LogP contribution < -0.4 is 4.74 Å². The fourth-order valence-electron chi connectivity index (χ4n) is 2.64. The highest BCUT2D eigenvalue weighted by atomic mass is 16.5. The summed E-state index contributed by atoms with van der Waals surface area (Å²) in [5.74, 6) is 1.08. The van der Waals surface area contributed by atoms with E-state index in [1.165, 1.54) is 0 Å². The fraction of sp³-hybridized carbons (Fsp3) is 0.588. The van der Waals surface area contributed by atoms with Crippen molar-refractivity contribution < 1.29 is 14.3 Å². The smallest absolute Gasteiger partial charge is 0.223 e. The molecule has 1 saturated heterocycles. The maximum absolute atomic E-state index is 12.4. The Bertz CT molecular complexity index is 485. The molecule has 1 aliphatic rings. The normalized spacial score (nSPS) is 17.6. The van der Waals surface area contributed by atoms with Crippen molar-refractivity contribution in [3.8, 4) is 5.75 Å². The molecule has 0 aromatic heterocycles. The van der Waals surface area contributed by atoms with Gasteiger partial charge in [0.2, 0.25) is 5.91 Å². The number of para-hydroxylation sites is 1. The van der Waals surface area contributed by atoms with E-state index in [0.29, 0.717) is 39.1 Å². The van der Waals surface area contributed by atoms with Gasteiger partial charge in [-0.15, -0.1) is 0 Å². The summed E-state index contributed by atoms with van der Waals surface area (Å²) in [6.07, 6.45) is 1.23. The van der Waals surface area contributed by atoms with Gasteiger partial charge in [-0.05, 0) is 38.8 Å². The molecule has 21 heavy (non-hydrogen) atoms. The second-order valence-corrected chi connectivity index (χ2v) is 5.96. The van der Waals surface area contributed by atoms with Gasteiger partial charge in [0.1, 0.15) is 5.75 Å². The summed E-state index contributed by atoms with van der Waals surface area (Å²) in [4.78, 5) is 14.3. The van der Waals surface area contributed by atoms with Crippen molar-refractivity contribution >= 4 is 5.91 Å². The van der Waals surface area contributed by atoms with Gasteiger partial charge in [-0.25, -0.2) is 0 Å². The molecule has 4 nitrogen and oxygen atoms in total. The number of carbonyl (C=O) groups excluding carboxylic acids is 1. The lowest BCUT2D eigenvalue weighted by molar-refractivity contribution is -0.145. The van der Waals surface area contributed by atoms with Gasteiger partial charge in [-0.1, -0.05) is 18.2 Å². The third kappa shape index (κ3) is 4.46. The SMILES string of the molecule is CCOc1ccccc1CCC(=O)N1CCOC(C)(C)C1. The number of benzene rings is 1. The Morgan fingerprint density at radius 3 is 2.86 bits per heavy atom. The number of amides is 1. The third-order valence-electron chi connectivity index (χ3n) is 3.66. The molecule has 1 aliphatic heterocycles. The van der Waals surface area contributed by atoms with Crippen molar-refractivity contribution in [1.82, 2.24) is 4.90 Å². The number of aryl methyl sites for hydroxylation is 1. The van der Waals surface area contributed by atoms with Crippen LogP contribution in [-0.4, -0.2) is 42.7 Å². The van der Waals surface area contributed by atoms with Crippen molar-refractivity contribution in [2.75, 3.05) is 26.3 Å².